The number of amides is 2. The average Bonchev–Trinajstić information content (AvgIpc) is 3.72. The molecule has 228 valence electrons. The molecular formula is C30H41N5O6S. The number of carbonyl (C=O) groups excluding carboxylic acids is 3. The smallest absolute Gasteiger partial charge is 0.251 e. The van der Waals surface area contributed by atoms with Gasteiger partial charge in [-0.2, -0.15) is 0 Å². The second-order valence-electron chi connectivity index (χ2n) is 11.9. The lowest BCUT2D eigenvalue weighted by Crippen LogP contribution is -2.57. The number of piperazine rings is 1. The molecule has 2 N–H and O–H groups in total. The molecule has 0 unspecified atom stereocenters. The minimum atomic E-state index is -0.934. The normalized spacial score (nSPS) is 23.7. The van der Waals surface area contributed by atoms with Gasteiger partial charge in [0, 0.05) is 56.3 Å². The van der Waals surface area contributed by atoms with Gasteiger partial charge in [0.05, 0.1) is 18.8 Å². The van der Waals surface area contributed by atoms with Crippen LogP contribution in [-0.4, -0.2) is 121 Å². The molecule has 0 saturated carbocycles. The van der Waals surface area contributed by atoms with E-state index in [2.05, 4.69) is 15.1 Å². The lowest BCUT2D eigenvalue weighted by Gasteiger charge is -2.36. The molecule has 1 aromatic heterocycles. The molecule has 4 heterocycles. The summed E-state index contributed by atoms with van der Waals surface area (Å²) in [5.41, 5.74) is 1.59. The lowest BCUT2D eigenvalue weighted by molar-refractivity contribution is -0.140. The van der Waals surface area contributed by atoms with Gasteiger partial charge in [-0.3, -0.25) is 19.3 Å². The number of β-amino-alcohol motifs (C(OH)–C–C–N with tert-alkyl or cyclic N) is 1. The van der Waals surface area contributed by atoms with Crippen LogP contribution >= 0.6 is 11.3 Å². The maximum atomic E-state index is 13.8. The first kappa shape index (κ1) is 30.6. The number of thiazole rings is 1. The number of carbonyl (C=O) groups is 3. The number of hydrogen-bond acceptors (Lipinski definition) is 10. The third-order valence-corrected chi connectivity index (χ3v) is 9.75. The van der Waals surface area contributed by atoms with Gasteiger partial charge in [-0.05, 0) is 24.0 Å². The van der Waals surface area contributed by atoms with Gasteiger partial charge in [0.1, 0.15) is 30.9 Å². The standard InChI is InChI=1S/C30H41N5O6S/c1-5-30(2,3)26(28(39)35-16-22(36)25-24(35)23(37)17-41-25)32-27(38)20-8-6-19(7-9-20)21-18-42-29(31-21)34-12-10-33(11-13-34)14-15-40-4/h6-9,18,22,24-26,36H,5,10-17H2,1-4H3,(H,32,38)/t22-,24-,25-,26-/m1/s1. The average molecular weight is 600 g/mol. The van der Waals surface area contributed by atoms with Crippen LogP contribution in [0.5, 0.6) is 0 Å². The molecular weight excluding hydrogens is 558 g/mol. The summed E-state index contributed by atoms with van der Waals surface area (Å²) in [5, 5.41) is 16.4. The minimum Gasteiger partial charge on any atom is -0.388 e. The van der Waals surface area contributed by atoms with E-state index in [1.165, 1.54) is 4.90 Å². The van der Waals surface area contributed by atoms with E-state index in [0.717, 1.165) is 55.7 Å². The predicted octanol–water partition coefficient (Wildman–Crippen LogP) is 1.65. The maximum absolute atomic E-state index is 13.8. The number of benzene rings is 1. The topological polar surface area (TPSA) is 125 Å². The van der Waals surface area contributed by atoms with Gasteiger partial charge >= 0.3 is 0 Å². The number of fused-ring (bicyclic) bond motifs is 1. The molecule has 42 heavy (non-hydrogen) atoms. The van der Waals surface area contributed by atoms with Crippen molar-refractivity contribution in [3.05, 3.63) is 35.2 Å². The highest BCUT2D eigenvalue weighted by molar-refractivity contribution is 7.14. The van der Waals surface area contributed by atoms with Gasteiger partial charge in [0.25, 0.3) is 5.91 Å². The molecule has 5 rings (SSSR count). The van der Waals surface area contributed by atoms with Crippen LogP contribution in [0, 0.1) is 5.41 Å². The zero-order valence-electron chi connectivity index (χ0n) is 24.7. The third-order valence-electron chi connectivity index (χ3n) is 8.85. The molecule has 0 radical (unpaired) electrons. The number of nitrogens with one attached hydrogen (secondary N) is 1. The fourth-order valence-corrected chi connectivity index (χ4v) is 6.64. The molecule has 12 heteroatoms. The van der Waals surface area contributed by atoms with E-state index < -0.39 is 29.7 Å². The molecule has 3 fully saturated rings. The van der Waals surface area contributed by atoms with E-state index in [0.29, 0.717) is 12.0 Å². The zero-order valence-corrected chi connectivity index (χ0v) is 25.6. The van der Waals surface area contributed by atoms with E-state index in [1.54, 1.807) is 30.6 Å². The van der Waals surface area contributed by atoms with Crippen molar-refractivity contribution in [2.24, 2.45) is 5.41 Å². The Labute approximate surface area is 250 Å². The van der Waals surface area contributed by atoms with Crippen LogP contribution in [0.4, 0.5) is 5.13 Å². The van der Waals surface area contributed by atoms with Gasteiger partial charge in [0.2, 0.25) is 5.91 Å². The zero-order chi connectivity index (χ0) is 30.0. The van der Waals surface area contributed by atoms with Gasteiger partial charge < -0.3 is 29.7 Å². The Hall–Kier alpha value is -2.90. The summed E-state index contributed by atoms with van der Waals surface area (Å²) in [6.45, 7) is 11.1. The number of rotatable bonds is 10. The molecule has 2 aromatic rings. The number of nitrogens with zero attached hydrogens (tertiary/aromatic N) is 4. The Morgan fingerprint density at radius 1 is 1.21 bits per heavy atom. The molecule has 0 bridgehead atoms. The summed E-state index contributed by atoms with van der Waals surface area (Å²) in [6, 6.07) is 5.51. The molecule has 0 spiro atoms. The number of ether oxygens (including phenoxy) is 2. The molecule has 3 saturated heterocycles. The lowest BCUT2D eigenvalue weighted by atomic mass is 9.80. The largest absolute Gasteiger partial charge is 0.388 e. The number of Topliss-reactive ketones (excluding diaryl/α,β-unsaturated/α-hetero) is 1. The summed E-state index contributed by atoms with van der Waals surface area (Å²) in [5.74, 6) is -0.988. The van der Waals surface area contributed by atoms with Crippen LogP contribution in [0.15, 0.2) is 29.6 Å². The van der Waals surface area contributed by atoms with Crippen molar-refractivity contribution < 1.29 is 29.0 Å². The molecule has 3 aliphatic rings. The minimum absolute atomic E-state index is 0.0000997. The van der Waals surface area contributed by atoms with Crippen LogP contribution in [0.1, 0.15) is 37.6 Å². The fourth-order valence-electron chi connectivity index (χ4n) is 5.75. The van der Waals surface area contributed by atoms with Crippen molar-refractivity contribution in [1.29, 1.82) is 0 Å². The van der Waals surface area contributed by atoms with Crippen molar-refractivity contribution in [1.82, 2.24) is 20.1 Å². The summed E-state index contributed by atoms with van der Waals surface area (Å²) in [7, 11) is 1.73. The first-order valence-electron chi connectivity index (χ1n) is 14.6. The van der Waals surface area contributed by atoms with E-state index in [4.69, 9.17) is 14.5 Å². The molecule has 1 aromatic carbocycles. The summed E-state index contributed by atoms with van der Waals surface area (Å²) >= 11 is 1.62. The van der Waals surface area contributed by atoms with Crippen molar-refractivity contribution in [2.45, 2.75) is 51.5 Å². The summed E-state index contributed by atoms with van der Waals surface area (Å²) in [6.07, 6.45) is -1.03. The number of methoxy groups -OCH3 is 1. The predicted molar refractivity (Wildman–Crippen MR) is 160 cm³/mol. The van der Waals surface area contributed by atoms with E-state index >= 15 is 0 Å². The Kier molecular flexibility index (Phi) is 9.28. The van der Waals surface area contributed by atoms with Crippen LogP contribution in [-0.2, 0) is 19.1 Å². The third kappa shape index (κ3) is 6.23. The number of aromatic nitrogens is 1. The van der Waals surface area contributed by atoms with Crippen molar-refractivity contribution in [3.8, 4) is 11.3 Å². The van der Waals surface area contributed by atoms with Crippen molar-refractivity contribution in [3.63, 3.8) is 0 Å². The highest BCUT2D eigenvalue weighted by Gasteiger charge is 2.54. The Morgan fingerprint density at radius 2 is 1.93 bits per heavy atom. The van der Waals surface area contributed by atoms with Crippen molar-refractivity contribution >= 4 is 34.1 Å². The van der Waals surface area contributed by atoms with Crippen molar-refractivity contribution in [2.75, 3.05) is 64.5 Å². The molecule has 11 nitrogen and oxygen atoms in total. The molecule has 2 amide bonds. The first-order chi connectivity index (χ1) is 20.1. The van der Waals surface area contributed by atoms with Crippen LogP contribution in [0.3, 0.4) is 0 Å². The number of ketones is 1. The highest BCUT2D eigenvalue weighted by atomic mass is 32.1. The van der Waals surface area contributed by atoms with E-state index in [1.807, 2.05) is 38.3 Å². The fraction of sp³-hybridized carbons (Fsp3) is 0.600. The van der Waals surface area contributed by atoms with Crippen LogP contribution in [0.25, 0.3) is 11.3 Å². The Morgan fingerprint density at radius 3 is 2.60 bits per heavy atom. The Bertz CT molecular complexity index is 1280. The van der Waals surface area contributed by atoms with E-state index in [-0.39, 0.29) is 30.7 Å². The number of hydrogen-bond donors (Lipinski definition) is 2. The van der Waals surface area contributed by atoms with Crippen LogP contribution < -0.4 is 10.2 Å². The first-order valence-corrected chi connectivity index (χ1v) is 15.5. The second kappa shape index (κ2) is 12.8. The second-order valence-corrected chi connectivity index (χ2v) is 12.7. The SMILES string of the molecule is CCC(C)(C)[C@H](NC(=O)c1ccc(-c2csc(N3CCN(CCOC)CC3)n2)cc1)C(=O)N1C[C@@H](O)[C@H]2OCC(=O)[C@H]21. The maximum Gasteiger partial charge on any atom is 0.251 e. The number of likely N-dealkylation sites (tertiary alicyclic amines) is 1. The van der Waals surface area contributed by atoms with E-state index in [9.17, 15) is 19.5 Å². The quantitative estimate of drug-likeness (QED) is 0.420. The number of aliphatic hydroxyl groups excluding tert-OH is 1. The molecule has 4 atom stereocenters. The van der Waals surface area contributed by atoms with Crippen LogP contribution in [0.2, 0.25) is 0 Å². The number of anilines is 1. The van der Waals surface area contributed by atoms with Gasteiger partial charge in [-0.15, -0.1) is 11.3 Å². The highest BCUT2D eigenvalue weighted by Crippen LogP contribution is 2.33. The monoisotopic (exact) mass is 599 g/mol. The van der Waals surface area contributed by atoms with Gasteiger partial charge in [0.15, 0.2) is 10.9 Å². The summed E-state index contributed by atoms with van der Waals surface area (Å²) < 4.78 is 10.6. The number of aliphatic hydroxyl groups is 1. The summed E-state index contributed by atoms with van der Waals surface area (Å²) in [4.78, 5) is 50.5. The Balaban J connectivity index is 1.25. The van der Waals surface area contributed by atoms with Gasteiger partial charge in [-0.1, -0.05) is 32.9 Å². The molecule has 0 aliphatic carbocycles. The van der Waals surface area contributed by atoms with Gasteiger partial charge in [-0.25, -0.2) is 4.98 Å². The molecule has 3 aliphatic heterocycles.